The van der Waals surface area contributed by atoms with Crippen molar-refractivity contribution in [2.45, 2.75) is 0 Å². The fourth-order valence-corrected chi connectivity index (χ4v) is 1.95. The molecule has 2 heterocycles. The third-order valence-electron chi connectivity index (χ3n) is 2.89. The molecule has 4 nitrogen and oxygen atoms in total. The number of anilines is 1. The van der Waals surface area contributed by atoms with Crippen molar-refractivity contribution in [2.75, 3.05) is 18.5 Å². The Labute approximate surface area is 111 Å². The summed E-state index contributed by atoms with van der Waals surface area (Å²) in [5.41, 5.74) is 2.22. The number of pyridine rings is 1. The molecular weight excluding hydrogens is 238 g/mol. The Morgan fingerprint density at radius 1 is 1.21 bits per heavy atom. The minimum Gasteiger partial charge on any atom is -0.490 e. The van der Waals surface area contributed by atoms with Gasteiger partial charge in [-0.15, -0.1) is 0 Å². The van der Waals surface area contributed by atoms with E-state index in [1.54, 1.807) is 12.4 Å². The van der Waals surface area contributed by atoms with Crippen molar-refractivity contribution < 1.29 is 4.74 Å². The standard InChI is InChI=1S/C15H15N3O/c1-2-14(11-16-6-1)19-9-8-17-13-4-3-12-5-7-18-15(12)10-13/h1-7,10-11,17-18H,8-9H2. The Hall–Kier alpha value is -2.49. The van der Waals surface area contributed by atoms with Gasteiger partial charge in [0.25, 0.3) is 0 Å². The van der Waals surface area contributed by atoms with Gasteiger partial charge in [-0.25, -0.2) is 0 Å². The van der Waals surface area contributed by atoms with Crippen molar-refractivity contribution in [1.82, 2.24) is 9.97 Å². The third-order valence-corrected chi connectivity index (χ3v) is 2.89. The van der Waals surface area contributed by atoms with Gasteiger partial charge >= 0.3 is 0 Å². The lowest BCUT2D eigenvalue weighted by atomic mass is 10.2. The summed E-state index contributed by atoms with van der Waals surface area (Å²) in [5, 5.41) is 4.55. The summed E-state index contributed by atoms with van der Waals surface area (Å²) in [5.74, 6) is 0.795. The maximum absolute atomic E-state index is 5.57. The monoisotopic (exact) mass is 253 g/mol. The van der Waals surface area contributed by atoms with Crippen LogP contribution in [-0.4, -0.2) is 23.1 Å². The third kappa shape index (κ3) is 2.85. The first-order valence-corrected chi connectivity index (χ1v) is 6.26. The van der Waals surface area contributed by atoms with E-state index in [1.165, 1.54) is 5.39 Å². The van der Waals surface area contributed by atoms with Crippen LogP contribution >= 0.6 is 0 Å². The molecule has 0 aliphatic rings. The van der Waals surface area contributed by atoms with Crippen LogP contribution < -0.4 is 10.1 Å². The zero-order chi connectivity index (χ0) is 12.9. The molecule has 3 rings (SSSR count). The Kier molecular flexibility index (Phi) is 3.32. The normalized spacial score (nSPS) is 10.5. The number of H-pyrrole nitrogens is 1. The first-order chi connectivity index (χ1) is 9.42. The van der Waals surface area contributed by atoms with E-state index in [0.717, 1.165) is 23.5 Å². The van der Waals surface area contributed by atoms with Crippen LogP contribution in [0.15, 0.2) is 55.0 Å². The van der Waals surface area contributed by atoms with Crippen molar-refractivity contribution >= 4 is 16.6 Å². The zero-order valence-corrected chi connectivity index (χ0v) is 10.5. The highest BCUT2D eigenvalue weighted by Crippen LogP contribution is 2.17. The Morgan fingerprint density at radius 3 is 3.11 bits per heavy atom. The Balaban J connectivity index is 1.52. The van der Waals surface area contributed by atoms with Crippen LogP contribution in [0.5, 0.6) is 5.75 Å². The van der Waals surface area contributed by atoms with Crippen molar-refractivity contribution in [3.63, 3.8) is 0 Å². The lowest BCUT2D eigenvalue weighted by Gasteiger charge is -2.08. The number of benzene rings is 1. The van der Waals surface area contributed by atoms with Crippen molar-refractivity contribution in [2.24, 2.45) is 0 Å². The van der Waals surface area contributed by atoms with E-state index in [4.69, 9.17) is 4.74 Å². The highest BCUT2D eigenvalue weighted by atomic mass is 16.5. The fourth-order valence-electron chi connectivity index (χ4n) is 1.95. The largest absolute Gasteiger partial charge is 0.490 e. The summed E-state index contributed by atoms with van der Waals surface area (Å²) < 4.78 is 5.57. The topological polar surface area (TPSA) is 49.9 Å². The van der Waals surface area contributed by atoms with Gasteiger partial charge in [-0.05, 0) is 35.7 Å². The molecular formula is C15H15N3O. The molecule has 0 aliphatic carbocycles. The quantitative estimate of drug-likeness (QED) is 0.687. The summed E-state index contributed by atoms with van der Waals surface area (Å²) in [6.45, 7) is 1.36. The molecule has 0 unspecified atom stereocenters. The number of aromatic amines is 1. The predicted octanol–water partition coefficient (Wildman–Crippen LogP) is 3.05. The van der Waals surface area contributed by atoms with Gasteiger partial charge < -0.3 is 15.0 Å². The van der Waals surface area contributed by atoms with Crippen LogP contribution in [0.1, 0.15) is 0 Å². The first-order valence-electron chi connectivity index (χ1n) is 6.26. The number of fused-ring (bicyclic) bond motifs is 1. The summed E-state index contributed by atoms with van der Waals surface area (Å²) in [6.07, 6.45) is 5.39. The van der Waals surface area contributed by atoms with Gasteiger partial charge in [-0.1, -0.05) is 6.07 Å². The second kappa shape index (κ2) is 5.44. The number of hydrogen-bond donors (Lipinski definition) is 2. The van der Waals surface area contributed by atoms with Crippen molar-refractivity contribution in [1.29, 1.82) is 0 Å². The summed E-state index contributed by atoms with van der Waals surface area (Å²) in [4.78, 5) is 7.20. The van der Waals surface area contributed by atoms with Crippen LogP contribution in [0.3, 0.4) is 0 Å². The van der Waals surface area contributed by atoms with Crippen LogP contribution in [0, 0.1) is 0 Å². The maximum Gasteiger partial charge on any atom is 0.137 e. The second-order valence-corrected chi connectivity index (χ2v) is 4.24. The smallest absolute Gasteiger partial charge is 0.137 e. The SMILES string of the molecule is c1cncc(OCCNc2ccc3cc[nH]c3c2)c1. The molecule has 0 saturated carbocycles. The summed E-state index contributed by atoms with van der Waals surface area (Å²) >= 11 is 0. The predicted molar refractivity (Wildman–Crippen MR) is 76.5 cm³/mol. The minimum absolute atomic E-state index is 0.606. The molecule has 4 heteroatoms. The molecule has 0 atom stereocenters. The van der Waals surface area contributed by atoms with E-state index in [1.807, 2.05) is 18.3 Å². The van der Waals surface area contributed by atoms with Crippen LogP contribution in [0.4, 0.5) is 5.69 Å². The van der Waals surface area contributed by atoms with E-state index in [-0.39, 0.29) is 0 Å². The van der Waals surface area contributed by atoms with Crippen LogP contribution in [0.25, 0.3) is 10.9 Å². The summed E-state index contributed by atoms with van der Waals surface area (Å²) in [7, 11) is 0. The second-order valence-electron chi connectivity index (χ2n) is 4.24. The van der Waals surface area contributed by atoms with Crippen LogP contribution in [-0.2, 0) is 0 Å². The van der Waals surface area contributed by atoms with E-state index >= 15 is 0 Å². The molecule has 0 bridgehead atoms. The van der Waals surface area contributed by atoms with Crippen molar-refractivity contribution in [3.8, 4) is 5.75 Å². The van der Waals surface area contributed by atoms with E-state index in [2.05, 4.69) is 39.6 Å². The summed E-state index contributed by atoms with van der Waals surface area (Å²) in [6, 6.07) is 12.1. The number of ether oxygens (including phenoxy) is 1. The molecule has 2 N–H and O–H groups in total. The highest BCUT2D eigenvalue weighted by Gasteiger charge is 1.97. The number of nitrogens with zero attached hydrogens (tertiary/aromatic N) is 1. The van der Waals surface area contributed by atoms with Gasteiger partial charge in [0.2, 0.25) is 0 Å². The lowest BCUT2D eigenvalue weighted by Crippen LogP contribution is -2.11. The van der Waals surface area contributed by atoms with E-state index < -0.39 is 0 Å². The number of nitrogens with one attached hydrogen (secondary N) is 2. The van der Waals surface area contributed by atoms with Crippen molar-refractivity contribution in [3.05, 3.63) is 55.0 Å². The molecule has 96 valence electrons. The zero-order valence-electron chi connectivity index (χ0n) is 10.5. The van der Waals surface area contributed by atoms with E-state index in [9.17, 15) is 0 Å². The first kappa shape index (κ1) is 11.6. The minimum atomic E-state index is 0.606. The molecule has 3 aromatic rings. The van der Waals surface area contributed by atoms with Gasteiger partial charge in [0.15, 0.2) is 0 Å². The Bertz CT molecular complexity index is 649. The molecule has 0 fully saturated rings. The van der Waals surface area contributed by atoms with Gasteiger partial charge in [-0.3, -0.25) is 4.98 Å². The molecule has 0 radical (unpaired) electrons. The molecule has 2 aromatic heterocycles. The molecule has 19 heavy (non-hydrogen) atoms. The van der Waals surface area contributed by atoms with Gasteiger partial charge in [0, 0.05) is 30.1 Å². The number of rotatable bonds is 5. The number of aromatic nitrogens is 2. The Morgan fingerprint density at radius 2 is 2.21 bits per heavy atom. The highest BCUT2D eigenvalue weighted by molar-refractivity contribution is 5.82. The molecule has 1 aromatic carbocycles. The fraction of sp³-hybridized carbons (Fsp3) is 0.133. The molecule has 0 spiro atoms. The van der Waals surface area contributed by atoms with Gasteiger partial charge in [0.05, 0.1) is 6.20 Å². The average Bonchev–Trinajstić information content (AvgIpc) is 2.92. The average molecular weight is 253 g/mol. The van der Waals surface area contributed by atoms with Gasteiger partial charge in [-0.2, -0.15) is 0 Å². The number of hydrogen-bond acceptors (Lipinski definition) is 3. The molecule has 0 amide bonds. The lowest BCUT2D eigenvalue weighted by molar-refractivity contribution is 0.331. The maximum atomic E-state index is 5.57. The van der Waals surface area contributed by atoms with Gasteiger partial charge in [0.1, 0.15) is 12.4 Å². The van der Waals surface area contributed by atoms with E-state index in [0.29, 0.717) is 6.61 Å². The van der Waals surface area contributed by atoms with Crippen LogP contribution in [0.2, 0.25) is 0 Å². The molecule has 0 saturated heterocycles. The molecule has 0 aliphatic heterocycles.